The third kappa shape index (κ3) is 41.8. The molecule has 0 aliphatic carbocycles. The standard InChI is InChI=1S/C47H86Cl2N5O10P.H3N/c1-3-5-7-9-11-13-15-17-19-21-23-25-27-29-31-33-42(55)61-39-41(64-43(56)34-32-30-28-26-24-22-20-18-16-14-12-10-8-6-4-2)40-63-65(58,59)62-38-36-51-47(57)60-37-35-50-46-53-44(48)52-45(49)54-46;/h41H,3-40H2,1-2H3,(H,51,57)(H,58,59)(H,50,52,53,54);1H3/t41-;/m1./s1. The van der Waals surface area contributed by atoms with Crippen LogP contribution in [0.25, 0.3) is 0 Å². The highest BCUT2D eigenvalue weighted by Crippen LogP contribution is 2.43. The first kappa shape index (κ1) is 63.7. The lowest BCUT2D eigenvalue weighted by atomic mass is 10.0. The van der Waals surface area contributed by atoms with Gasteiger partial charge in [-0.15, -0.1) is 0 Å². The average Bonchev–Trinajstić information content (AvgIpc) is 3.27. The van der Waals surface area contributed by atoms with Crippen molar-refractivity contribution in [3.63, 3.8) is 0 Å². The molecule has 1 rings (SSSR count). The molecule has 16 nitrogen and oxygen atoms in total. The van der Waals surface area contributed by atoms with Gasteiger partial charge >= 0.3 is 25.9 Å². The Kier molecular flexibility index (Phi) is 43.5. The highest BCUT2D eigenvalue weighted by atomic mass is 35.5. The van der Waals surface area contributed by atoms with Crippen LogP contribution in [-0.4, -0.2) is 83.5 Å². The topological polar surface area (TPSA) is 232 Å². The van der Waals surface area contributed by atoms with E-state index < -0.39 is 38.6 Å². The molecule has 0 aliphatic rings. The number of phosphoric ester groups is 1. The van der Waals surface area contributed by atoms with E-state index in [0.717, 1.165) is 38.5 Å². The zero-order chi connectivity index (χ0) is 47.5. The molecule has 0 spiro atoms. The van der Waals surface area contributed by atoms with Crippen LogP contribution in [0.3, 0.4) is 0 Å². The number of phosphoric acid groups is 1. The zero-order valence-corrected chi connectivity index (χ0v) is 43.2. The van der Waals surface area contributed by atoms with Crippen molar-refractivity contribution in [1.29, 1.82) is 0 Å². The Bertz CT molecular complexity index is 1370. The summed E-state index contributed by atoms with van der Waals surface area (Å²) in [5, 5.41) is 4.97. The van der Waals surface area contributed by atoms with Crippen molar-refractivity contribution in [2.45, 2.75) is 225 Å². The lowest BCUT2D eigenvalue weighted by Gasteiger charge is -2.20. The highest BCUT2D eigenvalue weighted by molar-refractivity contribution is 7.47. The van der Waals surface area contributed by atoms with Crippen LogP contribution in [-0.2, 0) is 37.4 Å². The summed E-state index contributed by atoms with van der Waals surface area (Å²) in [6, 6.07) is 0. The molecular formula is C47H89Cl2N6O10P. The maximum absolute atomic E-state index is 12.8. The maximum Gasteiger partial charge on any atom is 0.472 e. The molecule has 0 aliphatic heterocycles. The molecule has 66 heavy (non-hydrogen) atoms. The molecule has 0 aromatic carbocycles. The number of anilines is 1. The van der Waals surface area contributed by atoms with Gasteiger partial charge in [0.1, 0.15) is 13.2 Å². The van der Waals surface area contributed by atoms with Gasteiger partial charge < -0.3 is 35.9 Å². The molecule has 1 amide bonds. The Labute approximate surface area is 407 Å². The second-order valence-electron chi connectivity index (χ2n) is 17.0. The molecule has 1 aromatic heterocycles. The minimum absolute atomic E-state index is 0. The third-order valence-electron chi connectivity index (χ3n) is 10.9. The molecule has 0 fully saturated rings. The van der Waals surface area contributed by atoms with Crippen molar-refractivity contribution >= 4 is 55.0 Å². The SMILES string of the molecule is CCCCCCCCCCCCCCCCCC(=O)OC[C@H](COP(=O)(O)OCCNC(=O)OCCNc1nc(Cl)nc(Cl)n1)OC(=O)CCCCCCCCCCCCCCCCC.N. The number of ether oxygens (including phenoxy) is 3. The second kappa shape index (κ2) is 45.1. The van der Waals surface area contributed by atoms with E-state index in [1.807, 2.05) is 0 Å². The molecule has 19 heteroatoms. The summed E-state index contributed by atoms with van der Waals surface area (Å²) in [7, 11) is -4.64. The molecule has 1 aromatic rings. The number of hydrogen-bond acceptors (Lipinski definition) is 14. The Hall–Kier alpha value is -2.33. The van der Waals surface area contributed by atoms with Gasteiger partial charge in [0.05, 0.1) is 19.8 Å². The fourth-order valence-electron chi connectivity index (χ4n) is 7.19. The van der Waals surface area contributed by atoms with Gasteiger partial charge in [0.15, 0.2) is 6.10 Å². The van der Waals surface area contributed by atoms with Crippen molar-refractivity contribution < 1.29 is 47.1 Å². The summed E-state index contributed by atoms with van der Waals surface area (Å²) in [5.74, 6) is -0.823. The van der Waals surface area contributed by atoms with Gasteiger partial charge in [0, 0.05) is 19.4 Å². The van der Waals surface area contributed by atoms with Gasteiger partial charge in [-0.3, -0.25) is 18.6 Å². The number of nitrogens with zero attached hydrogens (tertiary/aromatic N) is 3. The minimum atomic E-state index is -4.64. The average molecular weight is 1000 g/mol. The first-order valence-corrected chi connectivity index (χ1v) is 27.5. The van der Waals surface area contributed by atoms with Crippen molar-refractivity contribution in [2.24, 2.45) is 0 Å². The number of nitrogens with one attached hydrogen (secondary N) is 2. The van der Waals surface area contributed by atoms with Crippen molar-refractivity contribution in [2.75, 3.05) is 44.8 Å². The lowest BCUT2D eigenvalue weighted by Crippen LogP contribution is -2.30. The predicted molar refractivity (Wildman–Crippen MR) is 264 cm³/mol. The molecule has 2 atom stereocenters. The highest BCUT2D eigenvalue weighted by Gasteiger charge is 2.26. The lowest BCUT2D eigenvalue weighted by molar-refractivity contribution is -0.161. The summed E-state index contributed by atoms with van der Waals surface area (Å²) in [6.07, 6.45) is 35.0. The number of carbonyl (C=O) groups excluding carboxylic acids is 3. The quantitative estimate of drug-likeness (QED) is 0.0206. The van der Waals surface area contributed by atoms with E-state index in [9.17, 15) is 23.8 Å². The van der Waals surface area contributed by atoms with E-state index in [0.29, 0.717) is 12.8 Å². The van der Waals surface area contributed by atoms with E-state index in [-0.39, 0.29) is 68.4 Å². The predicted octanol–water partition coefficient (Wildman–Crippen LogP) is 13.6. The number of aromatic nitrogens is 3. The number of esters is 2. The molecular weight excluding hydrogens is 910 g/mol. The number of amides is 1. The Morgan fingerprint density at radius 2 is 0.955 bits per heavy atom. The summed E-state index contributed by atoms with van der Waals surface area (Å²) in [4.78, 5) is 59.0. The summed E-state index contributed by atoms with van der Waals surface area (Å²) in [5.41, 5.74) is 0. The fourth-order valence-corrected chi connectivity index (χ4v) is 8.31. The first-order valence-electron chi connectivity index (χ1n) is 25.2. The van der Waals surface area contributed by atoms with Crippen LogP contribution in [0.15, 0.2) is 0 Å². The van der Waals surface area contributed by atoms with E-state index >= 15 is 0 Å². The van der Waals surface area contributed by atoms with Crippen molar-refractivity contribution in [3.05, 3.63) is 10.6 Å². The van der Waals surface area contributed by atoms with E-state index in [1.165, 1.54) is 141 Å². The van der Waals surface area contributed by atoms with E-state index in [4.69, 9.17) is 46.5 Å². The minimum Gasteiger partial charge on any atom is -0.462 e. The van der Waals surface area contributed by atoms with Crippen molar-refractivity contribution in [3.8, 4) is 0 Å². The van der Waals surface area contributed by atoms with Gasteiger partial charge in [-0.2, -0.15) is 15.0 Å². The molecule has 6 N–H and O–H groups in total. The van der Waals surface area contributed by atoms with Crippen LogP contribution >= 0.6 is 31.0 Å². The summed E-state index contributed by atoms with van der Waals surface area (Å²) < 4.78 is 38.8. The number of alkyl carbamates (subject to hydrolysis) is 1. The number of carbonyl (C=O) groups is 3. The van der Waals surface area contributed by atoms with Crippen LogP contribution < -0.4 is 16.8 Å². The zero-order valence-electron chi connectivity index (χ0n) is 40.8. The number of unbranched alkanes of at least 4 members (excludes halogenated alkanes) is 28. The van der Waals surface area contributed by atoms with Crippen molar-refractivity contribution in [1.82, 2.24) is 26.4 Å². The monoisotopic (exact) mass is 999 g/mol. The molecule has 1 unspecified atom stereocenters. The van der Waals surface area contributed by atoms with Gasteiger partial charge in [0.2, 0.25) is 16.5 Å². The smallest absolute Gasteiger partial charge is 0.462 e. The Morgan fingerprint density at radius 3 is 1.39 bits per heavy atom. The largest absolute Gasteiger partial charge is 0.472 e. The molecule has 386 valence electrons. The Balaban J connectivity index is 0.0000422. The van der Waals surface area contributed by atoms with Gasteiger partial charge in [-0.25, -0.2) is 9.36 Å². The van der Waals surface area contributed by atoms with Crippen LogP contribution in [0.5, 0.6) is 0 Å². The number of halogens is 2. The first-order chi connectivity index (χ1) is 31.5. The molecule has 0 saturated heterocycles. The molecule has 0 radical (unpaired) electrons. The third-order valence-corrected chi connectivity index (χ3v) is 12.3. The van der Waals surface area contributed by atoms with Crippen LogP contribution in [0.1, 0.15) is 219 Å². The van der Waals surface area contributed by atoms with Gasteiger partial charge in [-0.05, 0) is 36.0 Å². The normalized spacial score (nSPS) is 12.5. The van der Waals surface area contributed by atoms with E-state index in [1.54, 1.807) is 0 Å². The molecule has 0 bridgehead atoms. The number of rotatable bonds is 46. The summed E-state index contributed by atoms with van der Waals surface area (Å²) >= 11 is 11.5. The van der Waals surface area contributed by atoms with Crippen LogP contribution in [0.2, 0.25) is 10.6 Å². The molecule has 1 heterocycles. The Morgan fingerprint density at radius 1 is 0.545 bits per heavy atom. The van der Waals surface area contributed by atoms with Gasteiger partial charge in [-0.1, -0.05) is 194 Å². The van der Waals surface area contributed by atoms with Crippen LogP contribution in [0, 0.1) is 0 Å². The maximum atomic E-state index is 12.8. The van der Waals surface area contributed by atoms with E-state index in [2.05, 4.69) is 39.4 Å². The second-order valence-corrected chi connectivity index (χ2v) is 19.1. The number of hydrogen-bond donors (Lipinski definition) is 4. The van der Waals surface area contributed by atoms with Gasteiger partial charge in [0.25, 0.3) is 0 Å². The molecule has 0 saturated carbocycles. The summed E-state index contributed by atoms with van der Waals surface area (Å²) in [6.45, 7) is 3.15. The fraction of sp³-hybridized carbons (Fsp3) is 0.872. The van der Waals surface area contributed by atoms with Crippen LogP contribution in [0.4, 0.5) is 10.7 Å².